The molecule has 2 aromatic heterocycles. The van der Waals surface area contributed by atoms with Gasteiger partial charge in [0.05, 0.1) is 10.0 Å². The summed E-state index contributed by atoms with van der Waals surface area (Å²) in [4.78, 5) is 5.19. The van der Waals surface area contributed by atoms with Crippen LogP contribution in [0.25, 0.3) is 30.9 Å². The molecule has 2 aliphatic heterocycles. The van der Waals surface area contributed by atoms with Gasteiger partial charge in [0.2, 0.25) is 0 Å². The molecule has 2 nitrogen and oxygen atoms in total. The lowest BCUT2D eigenvalue weighted by Crippen LogP contribution is -2.16. The number of benzene rings is 2. The van der Waals surface area contributed by atoms with Crippen LogP contribution >= 0.6 is 22.7 Å². The monoisotopic (exact) mass is 406 g/mol. The minimum Gasteiger partial charge on any atom is -0.363 e. The van der Waals surface area contributed by atoms with Crippen molar-refractivity contribution in [3.05, 3.63) is 35.4 Å². The Morgan fingerprint density at radius 2 is 1.00 bits per heavy atom. The fourth-order valence-corrected chi connectivity index (χ4v) is 7.68. The second-order valence-electron chi connectivity index (χ2n) is 8.50. The van der Waals surface area contributed by atoms with Crippen molar-refractivity contribution in [3.8, 4) is 0 Å². The second-order valence-corrected chi connectivity index (χ2v) is 10.6. The molecule has 0 unspecified atom stereocenters. The van der Waals surface area contributed by atoms with E-state index in [9.17, 15) is 0 Å². The van der Waals surface area contributed by atoms with E-state index in [1.54, 1.807) is 0 Å². The fraction of sp³-hybridized carbons (Fsp3) is 0.417. The largest absolute Gasteiger partial charge is 0.363 e. The molecule has 0 saturated carbocycles. The topological polar surface area (TPSA) is 6.48 Å². The van der Waals surface area contributed by atoms with Crippen LogP contribution in [0.1, 0.15) is 36.8 Å². The molecule has 4 aromatic rings. The zero-order valence-electron chi connectivity index (χ0n) is 16.7. The Hall–Kier alpha value is -1.78. The van der Waals surface area contributed by atoms with Crippen molar-refractivity contribution in [2.24, 2.45) is 0 Å². The highest BCUT2D eigenvalue weighted by atomic mass is 32.1. The third kappa shape index (κ3) is 2.50. The molecule has 0 radical (unpaired) electrons. The molecule has 0 bridgehead atoms. The minimum atomic E-state index is 1.22. The van der Waals surface area contributed by atoms with Crippen molar-refractivity contribution in [2.45, 2.75) is 39.5 Å². The Kier molecular flexibility index (Phi) is 3.89. The van der Waals surface area contributed by atoms with Crippen LogP contribution in [0, 0.1) is 13.8 Å². The van der Waals surface area contributed by atoms with E-state index in [4.69, 9.17) is 0 Å². The van der Waals surface area contributed by atoms with Crippen LogP contribution < -0.4 is 9.80 Å². The smallest absolute Gasteiger partial charge is 0.0950 e. The minimum absolute atomic E-state index is 1.22. The van der Waals surface area contributed by atoms with Crippen LogP contribution in [0.4, 0.5) is 10.0 Å². The predicted octanol–water partition coefficient (Wildman–Crippen LogP) is 7.09. The summed E-state index contributed by atoms with van der Waals surface area (Å²) in [6.45, 7) is 9.53. The highest BCUT2D eigenvalue weighted by molar-refractivity contribution is 7.23. The van der Waals surface area contributed by atoms with Gasteiger partial charge in [-0.15, -0.1) is 22.7 Å². The lowest BCUT2D eigenvalue weighted by Gasteiger charge is -2.15. The van der Waals surface area contributed by atoms with Gasteiger partial charge in [0.1, 0.15) is 0 Å². The van der Waals surface area contributed by atoms with Gasteiger partial charge in [-0.05, 0) is 96.5 Å². The molecule has 4 heterocycles. The van der Waals surface area contributed by atoms with E-state index in [1.807, 2.05) is 22.7 Å². The van der Waals surface area contributed by atoms with E-state index in [-0.39, 0.29) is 0 Å². The molecule has 4 heteroatoms. The first-order valence-electron chi connectivity index (χ1n) is 10.6. The van der Waals surface area contributed by atoms with Gasteiger partial charge in [0, 0.05) is 35.6 Å². The van der Waals surface area contributed by atoms with E-state index >= 15 is 0 Å². The molecule has 0 atom stereocenters. The lowest BCUT2D eigenvalue weighted by molar-refractivity contribution is 0.949. The third-order valence-corrected chi connectivity index (χ3v) is 9.32. The van der Waals surface area contributed by atoms with Gasteiger partial charge in [-0.1, -0.05) is 0 Å². The Morgan fingerprint density at radius 3 is 1.39 bits per heavy atom. The van der Waals surface area contributed by atoms with Gasteiger partial charge in [0.15, 0.2) is 0 Å². The van der Waals surface area contributed by atoms with Crippen molar-refractivity contribution in [3.63, 3.8) is 0 Å². The van der Waals surface area contributed by atoms with Crippen molar-refractivity contribution in [1.82, 2.24) is 0 Å². The van der Waals surface area contributed by atoms with Crippen molar-refractivity contribution >= 4 is 63.6 Å². The van der Waals surface area contributed by atoms with E-state index in [1.165, 1.54) is 104 Å². The number of hydrogen-bond donors (Lipinski definition) is 0. The van der Waals surface area contributed by atoms with Gasteiger partial charge in [-0.3, -0.25) is 0 Å². The van der Waals surface area contributed by atoms with Gasteiger partial charge < -0.3 is 9.80 Å². The summed E-state index contributed by atoms with van der Waals surface area (Å²) in [5, 5.41) is 8.68. The molecule has 2 saturated heterocycles. The number of rotatable bonds is 2. The molecule has 2 aliphatic rings. The second kappa shape index (κ2) is 6.36. The highest BCUT2D eigenvalue weighted by Crippen LogP contribution is 2.44. The predicted molar refractivity (Wildman–Crippen MR) is 127 cm³/mol. The van der Waals surface area contributed by atoms with E-state index in [0.717, 1.165) is 0 Å². The molecule has 0 spiro atoms. The number of aryl methyl sites for hydroxylation is 2. The van der Waals surface area contributed by atoms with E-state index in [2.05, 4.69) is 47.9 Å². The van der Waals surface area contributed by atoms with Crippen LogP contribution in [-0.2, 0) is 0 Å². The summed E-state index contributed by atoms with van der Waals surface area (Å²) in [5.41, 5.74) is 2.95. The van der Waals surface area contributed by atoms with Crippen LogP contribution in [0.3, 0.4) is 0 Å². The Morgan fingerprint density at radius 1 is 0.607 bits per heavy atom. The van der Waals surface area contributed by atoms with Crippen LogP contribution in [0.2, 0.25) is 0 Å². The maximum Gasteiger partial charge on any atom is 0.0950 e. The van der Waals surface area contributed by atoms with Crippen molar-refractivity contribution < 1.29 is 0 Å². The summed E-state index contributed by atoms with van der Waals surface area (Å²) in [6.07, 6.45) is 5.35. The quantitative estimate of drug-likeness (QED) is 0.351. The summed E-state index contributed by atoms with van der Waals surface area (Å²) < 4.78 is 2.89. The Labute approximate surface area is 174 Å². The van der Waals surface area contributed by atoms with Gasteiger partial charge >= 0.3 is 0 Å². The molecule has 144 valence electrons. The maximum atomic E-state index is 2.59. The van der Waals surface area contributed by atoms with Crippen LogP contribution in [-0.4, -0.2) is 26.2 Å². The van der Waals surface area contributed by atoms with Crippen molar-refractivity contribution in [2.75, 3.05) is 36.0 Å². The number of fused-ring (bicyclic) bond motifs is 3. The first kappa shape index (κ1) is 17.1. The first-order valence-corrected chi connectivity index (χ1v) is 12.2. The molecule has 0 aliphatic carbocycles. The average Bonchev–Trinajstić information content (AvgIpc) is 3.47. The Bertz CT molecular complexity index is 1110. The van der Waals surface area contributed by atoms with Gasteiger partial charge in [-0.2, -0.15) is 0 Å². The maximum absolute atomic E-state index is 2.59. The number of thiophene rings is 2. The van der Waals surface area contributed by atoms with E-state index in [0.29, 0.717) is 0 Å². The summed E-state index contributed by atoms with van der Waals surface area (Å²) in [6, 6.07) is 9.77. The third-order valence-electron chi connectivity index (χ3n) is 6.69. The summed E-state index contributed by atoms with van der Waals surface area (Å²) in [5.74, 6) is 0. The normalized spacial score (nSPS) is 17.8. The number of anilines is 2. The molecule has 2 aromatic carbocycles. The van der Waals surface area contributed by atoms with Gasteiger partial charge in [0.25, 0.3) is 0 Å². The molecular weight excluding hydrogens is 380 g/mol. The SMILES string of the molecule is Cc1c(N2CCCC2)sc2cc3cc4c(C)c(N5CCCC5)sc4cc3cc12. The fourth-order valence-electron chi connectivity index (χ4n) is 5.10. The van der Waals surface area contributed by atoms with Crippen LogP contribution in [0.5, 0.6) is 0 Å². The molecule has 0 N–H and O–H groups in total. The number of hydrogen-bond acceptors (Lipinski definition) is 4. The summed E-state index contributed by atoms with van der Waals surface area (Å²) >= 11 is 3.98. The van der Waals surface area contributed by atoms with Crippen LogP contribution in [0.15, 0.2) is 24.3 Å². The average molecular weight is 407 g/mol. The number of nitrogens with zero attached hydrogens (tertiary/aromatic N) is 2. The molecule has 28 heavy (non-hydrogen) atoms. The molecule has 6 rings (SSSR count). The molecule has 0 amide bonds. The Balaban J connectivity index is 1.53. The zero-order valence-corrected chi connectivity index (χ0v) is 18.3. The molecule has 2 fully saturated rings. The van der Waals surface area contributed by atoms with Gasteiger partial charge in [-0.25, -0.2) is 0 Å². The lowest BCUT2D eigenvalue weighted by atomic mass is 10.0. The highest BCUT2D eigenvalue weighted by Gasteiger charge is 2.21. The van der Waals surface area contributed by atoms with Crippen molar-refractivity contribution in [1.29, 1.82) is 0 Å². The standard InChI is InChI=1S/C24H26N2S2/c1-15-19-11-17-14-22-20(16(2)24(28-22)26-9-5-6-10-26)12-18(17)13-21(19)27-23(15)25-7-3-4-8-25/h11-14H,3-10H2,1-2H3. The summed E-state index contributed by atoms with van der Waals surface area (Å²) in [7, 11) is 0. The van der Waals surface area contributed by atoms with E-state index < -0.39 is 0 Å². The molecular formula is C24H26N2S2. The zero-order chi connectivity index (χ0) is 18.8. The first-order chi connectivity index (χ1) is 13.7.